The molecule has 1 aliphatic heterocycles. The van der Waals surface area contributed by atoms with Gasteiger partial charge in [0.1, 0.15) is 0 Å². The lowest BCUT2D eigenvalue weighted by Gasteiger charge is -2.10. The lowest BCUT2D eigenvalue weighted by molar-refractivity contribution is 0.111. The van der Waals surface area contributed by atoms with Crippen LogP contribution in [0.4, 0.5) is 4.79 Å². The third-order valence-electron chi connectivity index (χ3n) is 3.50. The minimum Gasteiger partial charge on any atom is -0.376 e. The van der Waals surface area contributed by atoms with Gasteiger partial charge in [-0.15, -0.1) is 0 Å². The predicted molar refractivity (Wildman–Crippen MR) is 66.6 cm³/mol. The monoisotopic (exact) mass is 238 g/mol. The van der Waals surface area contributed by atoms with Gasteiger partial charge in [0.15, 0.2) is 0 Å². The number of urea groups is 1. The molecule has 4 nitrogen and oxygen atoms in total. The summed E-state index contributed by atoms with van der Waals surface area (Å²) in [6.07, 6.45) is 11.4. The van der Waals surface area contributed by atoms with Gasteiger partial charge >= 0.3 is 6.03 Å². The summed E-state index contributed by atoms with van der Waals surface area (Å²) in [5, 5.41) is 5.57. The Labute approximate surface area is 103 Å². The molecule has 1 atom stereocenters. The number of carbonyl (C=O) groups excluding carboxylic acids is 1. The Balaban J connectivity index is 1.56. The van der Waals surface area contributed by atoms with Crippen LogP contribution < -0.4 is 10.6 Å². The predicted octanol–water partition coefficient (Wildman–Crippen LogP) is 2.17. The number of amides is 2. The molecule has 1 unspecified atom stereocenters. The van der Waals surface area contributed by atoms with E-state index in [9.17, 15) is 4.79 Å². The van der Waals surface area contributed by atoms with E-state index < -0.39 is 0 Å². The molecule has 2 rings (SSSR count). The number of hydrogen-bond acceptors (Lipinski definition) is 2. The quantitative estimate of drug-likeness (QED) is 0.788. The van der Waals surface area contributed by atoms with Crippen molar-refractivity contribution >= 4 is 6.03 Å². The lowest BCUT2D eigenvalue weighted by Crippen LogP contribution is -2.37. The largest absolute Gasteiger partial charge is 0.376 e. The van der Waals surface area contributed by atoms with Crippen LogP contribution in [0.25, 0.3) is 0 Å². The Bertz CT molecular complexity index is 267. The molecule has 4 heteroatoms. The Hall–Kier alpha value is -1.03. The molecule has 0 aromatic carbocycles. The zero-order chi connectivity index (χ0) is 11.9. The Morgan fingerprint density at radius 2 is 2.06 bits per heavy atom. The van der Waals surface area contributed by atoms with Gasteiger partial charge in [0, 0.05) is 19.4 Å². The normalized spacial score (nSPS) is 25.5. The summed E-state index contributed by atoms with van der Waals surface area (Å²) in [7, 11) is 0. The van der Waals surface area contributed by atoms with Gasteiger partial charge in [-0.05, 0) is 31.6 Å². The van der Waals surface area contributed by atoms with Crippen molar-refractivity contribution in [1.29, 1.82) is 0 Å². The maximum Gasteiger partial charge on any atom is 0.318 e. The molecule has 96 valence electrons. The van der Waals surface area contributed by atoms with Crippen LogP contribution in [0, 0.1) is 5.92 Å². The molecule has 2 amide bonds. The summed E-state index contributed by atoms with van der Waals surface area (Å²) in [4.78, 5) is 11.4. The molecule has 17 heavy (non-hydrogen) atoms. The molecular formula is C13H22N2O2. The number of ether oxygens (including phenoxy) is 1. The van der Waals surface area contributed by atoms with Crippen molar-refractivity contribution in [3.63, 3.8) is 0 Å². The van der Waals surface area contributed by atoms with Crippen molar-refractivity contribution in [3.8, 4) is 0 Å². The molecular weight excluding hydrogens is 216 g/mol. The molecule has 0 aromatic rings. The number of carbonyl (C=O) groups is 1. The van der Waals surface area contributed by atoms with Gasteiger partial charge in [-0.1, -0.05) is 18.9 Å². The molecule has 2 N–H and O–H groups in total. The van der Waals surface area contributed by atoms with E-state index in [0.29, 0.717) is 12.5 Å². The summed E-state index contributed by atoms with van der Waals surface area (Å²) in [5.74, 6) is 0.661. The van der Waals surface area contributed by atoms with Crippen molar-refractivity contribution in [2.45, 2.75) is 44.6 Å². The topological polar surface area (TPSA) is 50.4 Å². The highest BCUT2D eigenvalue weighted by molar-refractivity contribution is 5.74. The van der Waals surface area contributed by atoms with E-state index in [2.05, 4.69) is 16.7 Å². The zero-order valence-electron chi connectivity index (χ0n) is 10.3. The van der Waals surface area contributed by atoms with Crippen LogP contribution in [-0.4, -0.2) is 25.3 Å². The fourth-order valence-electron chi connectivity index (χ4n) is 2.47. The minimum atomic E-state index is -0.130. The van der Waals surface area contributed by atoms with Gasteiger partial charge in [-0.2, -0.15) is 0 Å². The van der Waals surface area contributed by atoms with Crippen LogP contribution in [0.1, 0.15) is 38.5 Å². The smallest absolute Gasteiger partial charge is 0.318 e. The first-order valence-electron chi connectivity index (χ1n) is 6.67. The SMILES string of the molecule is O=C(N/C=C/C1CCCC1)NCC1CCCO1. The number of hydrogen-bond donors (Lipinski definition) is 2. The van der Waals surface area contributed by atoms with Gasteiger partial charge < -0.3 is 15.4 Å². The summed E-state index contributed by atoms with van der Waals surface area (Å²) in [6, 6.07) is -0.130. The van der Waals surface area contributed by atoms with E-state index in [-0.39, 0.29) is 12.1 Å². The van der Waals surface area contributed by atoms with Gasteiger partial charge in [0.05, 0.1) is 6.10 Å². The zero-order valence-corrected chi connectivity index (χ0v) is 10.3. The summed E-state index contributed by atoms with van der Waals surface area (Å²) in [6.45, 7) is 1.44. The summed E-state index contributed by atoms with van der Waals surface area (Å²) >= 11 is 0. The first-order valence-corrected chi connectivity index (χ1v) is 6.67. The number of allylic oxidation sites excluding steroid dienone is 1. The molecule has 1 heterocycles. The third-order valence-corrected chi connectivity index (χ3v) is 3.50. The third kappa shape index (κ3) is 4.38. The minimum absolute atomic E-state index is 0.130. The highest BCUT2D eigenvalue weighted by Crippen LogP contribution is 2.25. The van der Waals surface area contributed by atoms with Gasteiger partial charge in [0.2, 0.25) is 0 Å². The first kappa shape index (κ1) is 12.4. The average molecular weight is 238 g/mol. The van der Waals surface area contributed by atoms with Crippen molar-refractivity contribution < 1.29 is 9.53 Å². The van der Waals surface area contributed by atoms with Gasteiger partial charge in [0.25, 0.3) is 0 Å². The van der Waals surface area contributed by atoms with E-state index in [1.807, 2.05) is 0 Å². The van der Waals surface area contributed by atoms with Gasteiger partial charge in [-0.25, -0.2) is 4.79 Å². The Morgan fingerprint density at radius 3 is 2.76 bits per heavy atom. The summed E-state index contributed by atoms with van der Waals surface area (Å²) in [5.41, 5.74) is 0. The Morgan fingerprint density at radius 1 is 1.24 bits per heavy atom. The van der Waals surface area contributed by atoms with E-state index >= 15 is 0 Å². The Kier molecular flexibility index (Phi) is 4.86. The second-order valence-corrected chi connectivity index (χ2v) is 4.89. The molecule has 2 fully saturated rings. The van der Waals surface area contributed by atoms with Crippen molar-refractivity contribution in [2.75, 3.05) is 13.2 Å². The van der Waals surface area contributed by atoms with Crippen LogP contribution in [0.15, 0.2) is 12.3 Å². The maximum atomic E-state index is 11.4. The van der Waals surface area contributed by atoms with E-state index in [4.69, 9.17) is 4.74 Å². The van der Waals surface area contributed by atoms with E-state index in [1.54, 1.807) is 6.20 Å². The molecule has 1 aliphatic carbocycles. The van der Waals surface area contributed by atoms with Crippen molar-refractivity contribution in [2.24, 2.45) is 5.92 Å². The molecule has 0 spiro atoms. The second kappa shape index (κ2) is 6.64. The number of rotatable bonds is 4. The second-order valence-electron chi connectivity index (χ2n) is 4.89. The van der Waals surface area contributed by atoms with Crippen LogP contribution in [-0.2, 0) is 4.74 Å². The van der Waals surface area contributed by atoms with E-state index in [1.165, 1.54) is 25.7 Å². The van der Waals surface area contributed by atoms with E-state index in [0.717, 1.165) is 19.4 Å². The molecule has 0 aromatic heterocycles. The van der Waals surface area contributed by atoms with Crippen molar-refractivity contribution in [1.82, 2.24) is 10.6 Å². The van der Waals surface area contributed by atoms with Crippen LogP contribution in [0.5, 0.6) is 0 Å². The van der Waals surface area contributed by atoms with Gasteiger partial charge in [-0.3, -0.25) is 0 Å². The highest BCUT2D eigenvalue weighted by Gasteiger charge is 2.15. The molecule has 1 saturated heterocycles. The average Bonchev–Trinajstić information content (AvgIpc) is 2.99. The standard InChI is InChI=1S/C13H22N2O2/c16-13(15-10-12-6-3-9-17-12)14-8-7-11-4-1-2-5-11/h7-8,11-12H,1-6,9-10H2,(H2,14,15,16)/b8-7+. The van der Waals surface area contributed by atoms with Crippen molar-refractivity contribution in [3.05, 3.63) is 12.3 Å². The molecule has 1 saturated carbocycles. The molecule has 0 radical (unpaired) electrons. The van der Waals surface area contributed by atoms with Crippen LogP contribution in [0.3, 0.4) is 0 Å². The van der Waals surface area contributed by atoms with Crippen LogP contribution >= 0.6 is 0 Å². The number of nitrogens with one attached hydrogen (secondary N) is 2. The highest BCUT2D eigenvalue weighted by atomic mass is 16.5. The fourth-order valence-corrected chi connectivity index (χ4v) is 2.47. The maximum absolute atomic E-state index is 11.4. The first-order chi connectivity index (χ1) is 8.34. The molecule has 0 bridgehead atoms. The van der Waals surface area contributed by atoms with Crippen LogP contribution in [0.2, 0.25) is 0 Å². The summed E-state index contributed by atoms with van der Waals surface area (Å²) < 4.78 is 5.43. The lowest BCUT2D eigenvalue weighted by atomic mass is 10.1. The molecule has 2 aliphatic rings. The fraction of sp³-hybridized carbons (Fsp3) is 0.769.